The number of hydroxylamine groups is 1. The van der Waals surface area contributed by atoms with Crippen LogP contribution in [0.15, 0.2) is 22.7 Å². The molecule has 110 valence electrons. The fourth-order valence-electron chi connectivity index (χ4n) is 1.64. The number of nitrogens with zero attached hydrogens (tertiary/aromatic N) is 1. The van der Waals surface area contributed by atoms with Crippen LogP contribution in [0.5, 0.6) is 0 Å². The van der Waals surface area contributed by atoms with E-state index in [1.54, 1.807) is 26.8 Å². The Morgan fingerprint density at radius 1 is 1.40 bits per heavy atom. The van der Waals surface area contributed by atoms with E-state index in [1.165, 1.54) is 17.2 Å². The van der Waals surface area contributed by atoms with Gasteiger partial charge in [0.15, 0.2) is 0 Å². The molecule has 0 amide bonds. The molecule has 20 heavy (non-hydrogen) atoms. The van der Waals surface area contributed by atoms with E-state index < -0.39 is 11.8 Å². The molecule has 0 unspecified atom stereocenters. The Balaban J connectivity index is 2.13. The zero-order valence-corrected chi connectivity index (χ0v) is 13.2. The van der Waals surface area contributed by atoms with E-state index in [1.807, 2.05) is 0 Å². The van der Waals surface area contributed by atoms with Crippen molar-refractivity contribution < 1.29 is 18.8 Å². The van der Waals surface area contributed by atoms with Crippen LogP contribution in [-0.2, 0) is 9.57 Å². The molecule has 0 aliphatic heterocycles. The lowest BCUT2D eigenvalue weighted by molar-refractivity contribution is -0.0136. The second kappa shape index (κ2) is 5.60. The average Bonchev–Trinajstić information content (AvgIpc) is 3.07. The molecule has 1 aromatic carbocycles. The lowest BCUT2D eigenvalue weighted by Crippen LogP contribution is -2.33. The SMILES string of the molecule is CC(C)(C)OC(=O)ON(c1ccc(F)cc1Br)C1CC1. The van der Waals surface area contributed by atoms with Gasteiger partial charge >= 0.3 is 6.16 Å². The van der Waals surface area contributed by atoms with Crippen LogP contribution in [0.3, 0.4) is 0 Å². The van der Waals surface area contributed by atoms with Crippen molar-refractivity contribution >= 4 is 27.8 Å². The monoisotopic (exact) mass is 345 g/mol. The molecular formula is C14H17BrFNO3. The van der Waals surface area contributed by atoms with E-state index in [0.29, 0.717) is 10.2 Å². The molecule has 0 spiro atoms. The van der Waals surface area contributed by atoms with Crippen molar-refractivity contribution in [2.45, 2.75) is 45.3 Å². The molecule has 1 fully saturated rings. The van der Waals surface area contributed by atoms with Crippen LogP contribution in [0.2, 0.25) is 0 Å². The van der Waals surface area contributed by atoms with Gasteiger partial charge < -0.3 is 9.57 Å². The van der Waals surface area contributed by atoms with Gasteiger partial charge in [-0.05, 0) is 67.7 Å². The van der Waals surface area contributed by atoms with E-state index in [0.717, 1.165) is 12.8 Å². The van der Waals surface area contributed by atoms with Gasteiger partial charge in [-0.3, -0.25) is 0 Å². The highest BCUT2D eigenvalue weighted by atomic mass is 79.9. The summed E-state index contributed by atoms with van der Waals surface area (Å²) in [5.74, 6) is -0.353. The Bertz CT molecular complexity index is 512. The van der Waals surface area contributed by atoms with Crippen molar-refractivity contribution in [3.8, 4) is 0 Å². The number of carbonyl (C=O) groups excluding carboxylic acids is 1. The van der Waals surface area contributed by atoms with Crippen LogP contribution in [0.1, 0.15) is 33.6 Å². The van der Waals surface area contributed by atoms with Crippen LogP contribution in [0.25, 0.3) is 0 Å². The molecule has 0 saturated heterocycles. The summed E-state index contributed by atoms with van der Waals surface area (Å²) in [6.07, 6.45) is 1.08. The van der Waals surface area contributed by atoms with E-state index in [2.05, 4.69) is 15.9 Å². The molecule has 1 saturated carbocycles. The highest BCUT2D eigenvalue weighted by molar-refractivity contribution is 9.10. The van der Waals surface area contributed by atoms with Crippen LogP contribution in [-0.4, -0.2) is 17.8 Å². The van der Waals surface area contributed by atoms with Gasteiger partial charge in [-0.25, -0.2) is 9.18 Å². The maximum absolute atomic E-state index is 13.1. The molecule has 0 bridgehead atoms. The van der Waals surface area contributed by atoms with Crippen molar-refractivity contribution in [3.63, 3.8) is 0 Å². The first-order chi connectivity index (χ1) is 9.26. The second-order valence-corrected chi connectivity index (χ2v) is 6.56. The Labute approximate surface area is 125 Å². The highest BCUT2D eigenvalue weighted by Gasteiger charge is 2.35. The van der Waals surface area contributed by atoms with Gasteiger partial charge in [-0.2, -0.15) is 5.06 Å². The predicted octanol–water partition coefficient (Wildman–Crippen LogP) is 4.42. The Morgan fingerprint density at radius 3 is 2.55 bits per heavy atom. The molecule has 6 heteroatoms. The minimum Gasteiger partial charge on any atom is -0.427 e. The smallest absolute Gasteiger partial charge is 0.427 e. The second-order valence-electron chi connectivity index (χ2n) is 5.71. The summed E-state index contributed by atoms with van der Waals surface area (Å²) in [5.41, 5.74) is -0.00783. The van der Waals surface area contributed by atoms with Crippen LogP contribution in [0, 0.1) is 5.82 Å². The quantitative estimate of drug-likeness (QED) is 0.600. The number of benzene rings is 1. The summed E-state index contributed by atoms with van der Waals surface area (Å²) in [7, 11) is 0. The summed E-state index contributed by atoms with van der Waals surface area (Å²) in [6, 6.07) is 4.35. The first-order valence-corrected chi connectivity index (χ1v) is 7.21. The van der Waals surface area contributed by atoms with Crippen molar-refractivity contribution in [2.24, 2.45) is 0 Å². The van der Waals surface area contributed by atoms with E-state index in [4.69, 9.17) is 9.57 Å². The van der Waals surface area contributed by atoms with Crippen molar-refractivity contribution in [1.82, 2.24) is 0 Å². The van der Waals surface area contributed by atoms with Gasteiger partial charge in [0.2, 0.25) is 0 Å². The standard InChI is InChI=1S/C14H17BrFNO3/c1-14(2,3)19-13(18)20-17(10-5-6-10)12-7-4-9(16)8-11(12)15/h4,7-8,10H,5-6H2,1-3H3. The molecule has 0 aromatic heterocycles. The van der Waals surface area contributed by atoms with Crippen LogP contribution < -0.4 is 5.06 Å². The van der Waals surface area contributed by atoms with E-state index in [9.17, 15) is 9.18 Å². The summed E-state index contributed by atoms with van der Waals surface area (Å²) in [6.45, 7) is 5.30. The largest absolute Gasteiger partial charge is 0.533 e. The number of hydrogen-bond acceptors (Lipinski definition) is 4. The normalized spacial score (nSPS) is 14.8. The van der Waals surface area contributed by atoms with Crippen molar-refractivity contribution in [2.75, 3.05) is 5.06 Å². The Morgan fingerprint density at radius 2 is 2.05 bits per heavy atom. The molecule has 1 aliphatic carbocycles. The summed E-state index contributed by atoms with van der Waals surface area (Å²) in [4.78, 5) is 17.1. The topological polar surface area (TPSA) is 38.8 Å². The predicted molar refractivity (Wildman–Crippen MR) is 76.9 cm³/mol. The van der Waals surface area contributed by atoms with Gasteiger partial charge in [0.25, 0.3) is 0 Å². The van der Waals surface area contributed by atoms with Crippen LogP contribution in [0.4, 0.5) is 14.9 Å². The molecule has 1 aromatic rings. The molecule has 0 radical (unpaired) electrons. The zero-order chi connectivity index (χ0) is 14.9. The van der Waals surface area contributed by atoms with Crippen LogP contribution >= 0.6 is 15.9 Å². The fraction of sp³-hybridized carbons (Fsp3) is 0.500. The maximum Gasteiger partial charge on any atom is 0.533 e. The molecule has 0 heterocycles. The third-order valence-electron chi connectivity index (χ3n) is 2.59. The number of carbonyl (C=O) groups is 1. The van der Waals surface area contributed by atoms with Crippen molar-refractivity contribution in [1.29, 1.82) is 0 Å². The summed E-state index contributed by atoms with van der Waals surface area (Å²) >= 11 is 3.28. The molecule has 1 aliphatic rings. The summed E-state index contributed by atoms with van der Waals surface area (Å²) in [5, 5.41) is 1.48. The van der Waals surface area contributed by atoms with E-state index >= 15 is 0 Å². The fourth-order valence-corrected chi connectivity index (χ4v) is 2.16. The van der Waals surface area contributed by atoms with E-state index in [-0.39, 0.29) is 11.9 Å². The van der Waals surface area contributed by atoms with Gasteiger partial charge in [0.1, 0.15) is 11.4 Å². The lowest BCUT2D eigenvalue weighted by atomic mass is 10.2. The Hall–Kier alpha value is -1.30. The zero-order valence-electron chi connectivity index (χ0n) is 11.7. The number of halogens is 2. The highest BCUT2D eigenvalue weighted by Crippen LogP contribution is 2.36. The molecule has 2 rings (SSSR count). The number of anilines is 1. The molecular weight excluding hydrogens is 329 g/mol. The first-order valence-electron chi connectivity index (χ1n) is 6.41. The van der Waals surface area contributed by atoms with Gasteiger partial charge in [0.05, 0.1) is 11.7 Å². The molecule has 4 nitrogen and oxygen atoms in total. The third kappa shape index (κ3) is 4.10. The third-order valence-corrected chi connectivity index (χ3v) is 3.22. The summed E-state index contributed by atoms with van der Waals surface area (Å²) < 4.78 is 18.8. The van der Waals surface area contributed by atoms with Gasteiger partial charge in [-0.15, -0.1) is 0 Å². The number of ether oxygens (including phenoxy) is 1. The number of rotatable bonds is 3. The number of hydrogen-bond donors (Lipinski definition) is 0. The molecule has 0 atom stereocenters. The Kier molecular flexibility index (Phi) is 4.22. The lowest BCUT2D eigenvalue weighted by Gasteiger charge is -2.26. The minimum absolute atomic E-state index is 0.115. The van der Waals surface area contributed by atoms with Gasteiger partial charge in [0, 0.05) is 4.47 Å². The maximum atomic E-state index is 13.1. The molecule has 0 N–H and O–H groups in total. The average molecular weight is 346 g/mol. The van der Waals surface area contributed by atoms with Gasteiger partial charge in [-0.1, -0.05) is 0 Å². The minimum atomic E-state index is -0.763. The first kappa shape index (κ1) is 15.1. The van der Waals surface area contributed by atoms with Crippen molar-refractivity contribution in [3.05, 3.63) is 28.5 Å².